The lowest BCUT2D eigenvalue weighted by molar-refractivity contribution is 0.165. The van der Waals surface area contributed by atoms with Crippen molar-refractivity contribution in [2.24, 2.45) is 5.92 Å². The Balaban J connectivity index is 2.05. The van der Waals surface area contributed by atoms with E-state index in [1.165, 1.54) is 0 Å². The van der Waals surface area contributed by atoms with Gasteiger partial charge in [0, 0.05) is 18.0 Å². The van der Waals surface area contributed by atoms with Crippen LogP contribution in [-0.4, -0.2) is 36.2 Å². The van der Waals surface area contributed by atoms with E-state index in [-0.39, 0.29) is 0 Å². The Kier molecular flexibility index (Phi) is 3.89. The molecule has 94 valence electrons. The van der Waals surface area contributed by atoms with Crippen LogP contribution in [0.2, 0.25) is 0 Å². The second-order valence-electron chi connectivity index (χ2n) is 4.62. The molecule has 2 rings (SSSR count). The molecular formula is C14H21NO2. The first-order valence-corrected chi connectivity index (χ1v) is 6.40. The van der Waals surface area contributed by atoms with Gasteiger partial charge in [0.2, 0.25) is 0 Å². The highest BCUT2D eigenvalue weighted by Gasteiger charge is 2.23. The van der Waals surface area contributed by atoms with E-state index in [9.17, 15) is 5.11 Å². The van der Waals surface area contributed by atoms with Gasteiger partial charge in [-0.1, -0.05) is 19.9 Å². The van der Waals surface area contributed by atoms with E-state index < -0.39 is 0 Å². The lowest BCUT2D eigenvalue weighted by atomic mass is 9.95. The number of benzene rings is 1. The SMILES string of the molecule is CCN(CC)CC1COc2cccc(O)c2C1. The Morgan fingerprint density at radius 1 is 1.35 bits per heavy atom. The van der Waals surface area contributed by atoms with Gasteiger partial charge in [-0.25, -0.2) is 0 Å². The summed E-state index contributed by atoms with van der Waals surface area (Å²) in [6.07, 6.45) is 0.915. The maximum Gasteiger partial charge on any atom is 0.126 e. The van der Waals surface area contributed by atoms with E-state index in [1.807, 2.05) is 12.1 Å². The van der Waals surface area contributed by atoms with Crippen LogP contribution >= 0.6 is 0 Å². The van der Waals surface area contributed by atoms with Crippen molar-refractivity contribution < 1.29 is 9.84 Å². The maximum atomic E-state index is 9.83. The summed E-state index contributed by atoms with van der Waals surface area (Å²) in [6.45, 7) is 8.30. The minimum Gasteiger partial charge on any atom is -0.508 e. The third kappa shape index (κ3) is 2.72. The molecule has 0 amide bonds. The molecule has 1 aromatic rings. The highest BCUT2D eigenvalue weighted by Crippen LogP contribution is 2.33. The summed E-state index contributed by atoms with van der Waals surface area (Å²) in [5.74, 6) is 1.70. The van der Waals surface area contributed by atoms with Gasteiger partial charge in [0.25, 0.3) is 0 Å². The Bertz CT molecular complexity index is 374. The molecule has 0 saturated heterocycles. The largest absolute Gasteiger partial charge is 0.508 e. The van der Waals surface area contributed by atoms with Gasteiger partial charge < -0.3 is 14.7 Å². The van der Waals surface area contributed by atoms with Crippen LogP contribution in [0, 0.1) is 5.92 Å². The number of hydrogen-bond acceptors (Lipinski definition) is 3. The number of aromatic hydroxyl groups is 1. The van der Waals surface area contributed by atoms with Crippen LogP contribution in [0.15, 0.2) is 18.2 Å². The van der Waals surface area contributed by atoms with Crippen LogP contribution in [0.5, 0.6) is 11.5 Å². The average molecular weight is 235 g/mol. The molecule has 0 spiro atoms. The number of hydrogen-bond donors (Lipinski definition) is 1. The van der Waals surface area contributed by atoms with Crippen LogP contribution in [0.25, 0.3) is 0 Å². The molecule has 17 heavy (non-hydrogen) atoms. The van der Waals surface area contributed by atoms with Crippen molar-refractivity contribution in [3.63, 3.8) is 0 Å². The van der Waals surface area contributed by atoms with E-state index >= 15 is 0 Å². The van der Waals surface area contributed by atoms with Crippen LogP contribution in [0.3, 0.4) is 0 Å². The second kappa shape index (κ2) is 5.41. The number of ether oxygens (including phenoxy) is 1. The highest BCUT2D eigenvalue weighted by atomic mass is 16.5. The zero-order valence-corrected chi connectivity index (χ0v) is 10.6. The highest BCUT2D eigenvalue weighted by molar-refractivity contribution is 5.45. The molecule has 1 unspecified atom stereocenters. The van der Waals surface area contributed by atoms with Crippen molar-refractivity contribution >= 4 is 0 Å². The third-order valence-corrected chi connectivity index (χ3v) is 3.49. The smallest absolute Gasteiger partial charge is 0.126 e. The second-order valence-corrected chi connectivity index (χ2v) is 4.62. The predicted octanol–water partition coefficient (Wildman–Crippen LogP) is 2.29. The van der Waals surface area contributed by atoms with Crippen molar-refractivity contribution in [2.45, 2.75) is 20.3 Å². The number of fused-ring (bicyclic) bond motifs is 1. The summed E-state index contributed by atoms with van der Waals surface area (Å²) in [6, 6.07) is 5.50. The van der Waals surface area contributed by atoms with Gasteiger partial charge in [0.05, 0.1) is 6.61 Å². The number of phenolic OH excluding ortho intramolecular Hbond substituents is 1. The molecule has 1 aromatic carbocycles. The Hall–Kier alpha value is -1.22. The molecule has 0 radical (unpaired) electrons. The van der Waals surface area contributed by atoms with Gasteiger partial charge in [-0.2, -0.15) is 0 Å². The zero-order chi connectivity index (χ0) is 12.3. The summed E-state index contributed by atoms with van der Waals surface area (Å²) in [4.78, 5) is 2.40. The maximum absolute atomic E-state index is 9.83. The van der Waals surface area contributed by atoms with E-state index in [0.29, 0.717) is 11.7 Å². The van der Waals surface area contributed by atoms with Crippen molar-refractivity contribution in [1.82, 2.24) is 4.90 Å². The quantitative estimate of drug-likeness (QED) is 0.869. The molecule has 1 aliphatic heterocycles. The van der Waals surface area contributed by atoms with Crippen molar-refractivity contribution in [3.05, 3.63) is 23.8 Å². The van der Waals surface area contributed by atoms with Crippen LogP contribution in [0.1, 0.15) is 19.4 Å². The molecule has 0 bridgehead atoms. The molecule has 1 aliphatic rings. The van der Waals surface area contributed by atoms with E-state index in [2.05, 4.69) is 18.7 Å². The molecule has 0 saturated carbocycles. The minimum atomic E-state index is 0.367. The van der Waals surface area contributed by atoms with Crippen molar-refractivity contribution in [3.8, 4) is 11.5 Å². The summed E-state index contributed by atoms with van der Waals surface area (Å²) in [5.41, 5.74) is 0.968. The monoisotopic (exact) mass is 235 g/mol. The van der Waals surface area contributed by atoms with Crippen molar-refractivity contribution in [2.75, 3.05) is 26.2 Å². The molecular weight excluding hydrogens is 214 g/mol. The lowest BCUT2D eigenvalue weighted by Crippen LogP contribution is -2.34. The van der Waals surface area contributed by atoms with Crippen LogP contribution < -0.4 is 4.74 Å². The first-order chi connectivity index (χ1) is 8.24. The Morgan fingerprint density at radius 2 is 2.12 bits per heavy atom. The first-order valence-electron chi connectivity index (χ1n) is 6.40. The topological polar surface area (TPSA) is 32.7 Å². The molecule has 3 nitrogen and oxygen atoms in total. The molecule has 0 aromatic heterocycles. The number of phenols is 1. The molecule has 0 aliphatic carbocycles. The van der Waals surface area contributed by atoms with Gasteiger partial charge in [-0.3, -0.25) is 0 Å². The van der Waals surface area contributed by atoms with Gasteiger partial charge >= 0.3 is 0 Å². The van der Waals surface area contributed by atoms with E-state index in [0.717, 1.165) is 44.0 Å². The Labute approximate surface area is 103 Å². The molecule has 1 N–H and O–H groups in total. The number of rotatable bonds is 4. The molecule has 1 heterocycles. The fourth-order valence-electron chi connectivity index (χ4n) is 2.41. The standard InChI is InChI=1S/C14H21NO2/c1-3-15(4-2)9-11-8-12-13(16)6-5-7-14(12)17-10-11/h5-7,11,16H,3-4,8-10H2,1-2H3. The van der Waals surface area contributed by atoms with Crippen molar-refractivity contribution in [1.29, 1.82) is 0 Å². The normalized spacial score (nSPS) is 18.9. The average Bonchev–Trinajstić information content (AvgIpc) is 2.37. The van der Waals surface area contributed by atoms with Gasteiger partial charge in [0.1, 0.15) is 11.5 Å². The number of nitrogens with zero attached hydrogens (tertiary/aromatic N) is 1. The zero-order valence-electron chi connectivity index (χ0n) is 10.6. The fraction of sp³-hybridized carbons (Fsp3) is 0.571. The lowest BCUT2D eigenvalue weighted by Gasteiger charge is -2.30. The third-order valence-electron chi connectivity index (χ3n) is 3.49. The molecule has 3 heteroatoms. The summed E-state index contributed by atoms with van der Waals surface area (Å²) in [7, 11) is 0. The fourth-order valence-corrected chi connectivity index (χ4v) is 2.41. The van der Waals surface area contributed by atoms with Crippen LogP contribution in [0.4, 0.5) is 0 Å². The molecule has 1 atom stereocenters. The first kappa shape index (κ1) is 12.2. The van der Waals surface area contributed by atoms with Gasteiger partial charge in [0.15, 0.2) is 0 Å². The summed E-state index contributed by atoms with van der Waals surface area (Å²) >= 11 is 0. The summed E-state index contributed by atoms with van der Waals surface area (Å²) in [5, 5.41) is 9.83. The predicted molar refractivity (Wildman–Crippen MR) is 68.6 cm³/mol. The summed E-state index contributed by atoms with van der Waals surface area (Å²) < 4.78 is 5.72. The van der Waals surface area contributed by atoms with E-state index in [1.54, 1.807) is 6.07 Å². The van der Waals surface area contributed by atoms with Gasteiger partial charge in [-0.05, 0) is 31.6 Å². The van der Waals surface area contributed by atoms with E-state index in [4.69, 9.17) is 4.74 Å². The molecule has 0 fully saturated rings. The van der Waals surface area contributed by atoms with Gasteiger partial charge in [-0.15, -0.1) is 0 Å². The minimum absolute atomic E-state index is 0.367. The Morgan fingerprint density at radius 3 is 2.82 bits per heavy atom. The van der Waals surface area contributed by atoms with Crippen LogP contribution in [-0.2, 0) is 6.42 Å².